The van der Waals surface area contributed by atoms with Crippen LogP contribution >= 0.6 is 0 Å². The molecular formula is C21H21FN2O2. The Labute approximate surface area is 151 Å². The predicted molar refractivity (Wildman–Crippen MR) is 98.8 cm³/mol. The second-order valence-corrected chi connectivity index (χ2v) is 6.49. The second-order valence-electron chi connectivity index (χ2n) is 6.49. The number of carbonyl (C=O) groups is 1. The van der Waals surface area contributed by atoms with E-state index in [2.05, 4.69) is 16.0 Å². The van der Waals surface area contributed by atoms with Crippen molar-refractivity contribution in [2.45, 2.75) is 26.4 Å². The molecule has 2 heterocycles. The van der Waals surface area contributed by atoms with Gasteiger partial charge in [0.05, 0.1) is 17.7 Å². The molecule has 0 saturated heterocycles. The molecule has 5 heteroatoms. The molecule has 134 valence electrons. The Balaban J connectivity index is 1.91. The molecule has 3 aromatic rings. The zero-order valence-corrected chi connectivity index (χ0v) is 14.7. The van der Waals surface area contributed by atoms with Gasteiger partial charge in [-0.3, -0.25) is 0 Å². The van der Waals surface area contributed by atoms with E-state index in [1.165, 1.54) is 23.4 Å². The largest absolute Gasteiger partial charge is 0.462 e. The summed E-state index contributed by atoms with van der Waals surface area (Å²) in [5, 5.41) is 4.50. The van der Waals surface area contributed by atoms with Crippen molar-refractivity contribution in [2.24, 2.45) is 0 Å². The molecule has 4 rings (SSSR count). The summed E-state index contributed by atoms with van der Waals surface area (Å²) in [7, 11) is 0. The second kappa shape index (κ2) is 6.92. The minimum absolute atomic E-state index is 0.246. The molecule has 0 unspecified atom stereocenters. The molecule has 26 heavy (non-hydrogen) atoms. The van der Waals surface area contributed by atoms with E-state index in [1.807, 2.05) is 19.1 Å². The number of esters is 1. The van der Waals surface area contributed by atoms with Gasteiger partial charge < -0.3 is 14.6 Å². The quantitative estimate of drug-likeness (QED) is 0.729. The number of nitrogens with one attached hydrogen (secondary N) is 1. The first-order valence-corrected chi connectivity index (χ1v) is 8.94. The predicted octanol–water partition coefficient (Wildman–Crippen LogP) is 3.65. The number of aromatic nitrogens is 1. The molecule has 2 aromatic carbocycles. The van der Waals surface area contributed by atoms with Gasteiger partial charge in [-0.05, 0) is 36.2 Å². The lowest BCUT2D eigenvalue weighted by Crippen LogP contribution is -2.24. The molecule has 0 aliphatic carbocycles. The molecule has 0 fully saturated rings. The highest BCUT2D eigenvalue weighted by Crippen LogP contribution is 2.32. The van der Waals surface area contributed by atoms with E-state index in [0.29, 0.717) is 18.7 Å². The first-order chi connectivity index (χ1) is 12.7. The van der Waals surface area contributed by atoms with Crippen LogP contribution < -0.4 is 5.32 Å². The van der Waals surface area contributed by atoms with Crippen LogP contribution in [0.25, 0.3) is 10.9 Å². The van der Waals surface area contributed by atoms with E-state index >= 15 is 0 Å². The van der Waals surface area contributed by atoms with Crippen LogP contribution in [0, 0.1) is 5.82 Å². The van der Waals surface area contributed by atoms with Crippen molar-refractivity contribution in [1.82, 2.24) is 9.88 Å². The van der Waals surface area contributed by atoms with Gasteiger partial charge in [0.1, 0.15) is 5.82 Å². The van der Waals surface area contributed by atoms with E-state index in [0.717, 1.165) is 36.0 Å². The number of nitrogens with zero attached hydrogens (tertiary/aromatic N) is 1. The molecule has 0 radical (unpaired) electrons. The van der Waals surface area contributed by atoms with Gasteiger partial charge in [0.15, 0.2) is 0 Å². The zero-order valence-electron chi connectivity index (χ0n) is 14.7. The molecule has 1 aromatic heterocycles. The molecule has 1 N–H and O–H groups in total. The summed E-state index contributed by atoms with van der Waals surface area (Å²) >= 11 is 0. The van der Waals surface area contributed by atoms with Crippen LogP contribution in [0.5, 0.6) is 0 Å². The molecule has 0 amide bonds. The van der Waals surface area contributed by atoms with Crippen molar-refractivity contribution in [3.63, 3.8) is 0 Å². The summed E-state index contributed by atoms with van der Waals surface area (Å²) < 4.78 is 20.7. The van der Waals surface area contributed by atoms with Crippen LogP contribution in [-0.4, -0.2) is 23.7 Å². The maximum atomic E-state index is 13.3. The molecule has 1 aliphatic heterocycles. The summed E-state index contributed by atoms with van der Waals surface area (Å²) in [5.74, 6) is -0.550. The fourth-order valence-corrected chi connectivity index (χ4v) is 3.75. The maximum Gasteiger partial charge on any atom is 0.340 e. The first-order valence-electron chi connectivity index (χ1n) is 8.94. The number of rotatable bonds is 4. The summed E-state index contributed by atoms with van der Waals surface area (Å²) in [5.41, 5.74) is 4.97. The van der Waals surface area contributed by atoms with E-state index in [-0.39, 0.29) is 11.8 Å². The van der Waals surface area contributed by atoms with E-state index in [1.54, 1.807) is 12.1 Å². The Kier molecular flexibility index (Phi) is 4.47. The van der Waals surface area contributed by atoms with Gasteiger partial charge in [-0.1, -0.05) is 24.3 Å². The van der Waals surface area contributed by atoms with Gasteiger partial charge in [-0.15, -0.1) is 0 Å². The number of ether oxygens (including phenoxy) is 1. The minimum Gasteiger partial charge on any atom is -0.462 e. The normalized spacial score (nSPS) is 13.6. The maximum absolute atomic E-state index is 13.3. The van der Waals surface area contributed by atoms with Gasteiger partial charge in [-0.25, -0.2) is 9.18 Å². The lowest BCUT2D eigenvalue weighted by Gasteiger charge is -2.17. The van der Waals surface area contributed by atoms with Crippen molar-refractivity contribution < 1.29 is 13.9 Å². The van der Waals surface area contributed by atoms with E-state index in [4.69, 9.17) is 4.74 Å². The zero-order chi connectivity index (χ0) is 18.1. The Morgan fingerprint density at radius 3 is 2.81 bits per heavy atom. The van der Waals surface area contributed by atoms with Gasteiger partial charge in [-0.2, -0.15) is 0 Å². The van der Waals surface area contributed by atoms with Crippen LogP contribution in [0.4, 0.5) is 4.39 Å². The lowest BCUT2D eigenvalue weighted by atomic mass is 10.0. The number of hydrogen-bond donors (Lipinski definition) is 1. The van der Waals surface area contributed by atoms with Crippen molar-refractivity contribution in [3.8, 4) is 0 Å². The Morgan fingerprint density at radius 1 is 1.23 bits per heavy atom. The first kappa shape index (κ1) is 16.8. The molecule has 0 bridgehead atoms. The Morgan fingerprint density at radius 2 is 2.04 bits per heavy atom. The fraction of sp³-hybridized carbons (Fsp3) is 0.286. The third kappa shape index (κ3) is 2.88. The fourth-order valence-electron chi connectivity index (χ4n) is 3.75. The van der Waals surface area contributed by atoms with Crippen LogP contribution in [0.2, 0.25) is 0 Å². The highest BCUT2D eigenvalue weighted by molar-refractivity contribution is 6.04. The Bertz CT molecular complexity index is 960. The molecule has 0 spiro atoms. The minimum atomic E-state index is -0.304. The lowest BCUT2D eigenvalue weighted by molar-refractivity contribution is 0.0528. The average molecular weight is 352 g/mol. The summed E-state index contributed by atoms with van der Waals surface area (Å²) in [6, 6.07) is 12.3. The number of carbonyl (C=O) groups excluding carboxylic acids is 1. The highest BCUT2D eigenvalue weighted by Gasteiger charge is 2.24. The summed E-state index contributed by atoms with van der Waals surface area (Å²) in [6.45, 7) is 4.44. The third-order valence-electron chi connectivity index (χ3n) is 4.89. The highest BCUT2D eigenvalue weighted by atomic mass is 19.1. The van der Waals surface area contributed by atoms with Crippen molar-refractivity contribution in [3.05, 3.63) is 70.7 Å². The topological polar surface area (TPSA) is 43.3 Å². The van der Waals surface area contributed by atoms with Crippen molar-refractivity contribution in [1.29, 1.82) is 0 Å². The smallest absolute Gasteiger partial charge is 0.340 e. The van der Waals surface area contributed by atoms with Gasteiger partial charge in [0, 0.05) is 37.1 Å². The number of fused-ring (bicyclic) bond motifs is 3. The summed E-state index contributed by atoms with van der Waals surface area (Å²) in [6.07, 6.45) is 0.896. The van der Waals surface area contributed by atoms with Gasteiger partial charge >= 0.3 is 5.97 Å². The SMILES string of the molecule is CCOC(=O)c1cccc2c3c(n(Cc4ccc(F)cc4)c12)CCNC3. The molecular weight excluding hydrogens is 331 g/mol. The average Bonchev–Trinajstić information content (AvgIpc) is 2.98. The molecule has 1 aliphatic rings. The van der Waals surface area contributed by atoms with E-state index < -0.39 is 0 Å². The monoisotopic (exact) mass is 352 g/mol. The number of benzene rings is 2. The molecule has 0 saturated carbocycles. The van der Waals surface area contributed by atoms with Crippen LogP contribution in [0.3, 0.4) is 0 Å². The molecule has 0 atom stereocenters. The molecule has 4 nitrogen and oxygen atoms in total. The van der Waals surface area contributed by atoms with Crippen molar-refractivity contribution >= 4 is 16.9 Å². The van der Waals surface area contributed by atoms with Crippen molar-refractivity contribution in [2.75, 3.05) is 13.2 Å². The standard InChI is InChI=1S/C21H21FN2O2/c1-2-26-21(25)17-5-3-4-16-18-12-23-11-10-19(18)24(20(16)17)13-14-6-8-15(22)9-7-14/h3-9,23H,2,10-13H2,1H3. The Hall–Kier alpha value is -2.66. The van der Waals surface area contributed by atoms with Gasteiger partial charge in [0.25, 0.3) is 0 Å². The van der Waals surface area contributed by atoms with Crippen LogP contribution in [-0.2, 0) is 24.2 Å². The number of para-hydroxylation sites is 1. The number of hydrogen-bond acceptors (Lipinski definition) is 3. The van der Waals surface area contributed by atoms with Gasteiger partial charge in [0.2, 0.25) is 0 Å². The summed E-state index contributed by atoms with van der Waals surface area (Å²) in [4.78, 5) is 12.5. The third-order valence-corrected chi connectivity index (χ3v) is 4.89. The van der Waals surface area contributed by atoms with Crippen LogP contribution in [0.15, 0.2) is 42.5 Å². The van der Waals surface area contributed by atoms with Crippen LogP contribution in [0.1, 0.15) is 34.1 Å². The van der Waals surface area contributed by atoms with E-state index in [9.17, 15) is 9.18 Å². The number of halogens is 1.